The Morgan fingerprint density at radius 1 is 1.26 bits per heavy atom. The Morgan fingerprint density at radius 2 is 2.00 bits per heavy atom. The number of anilines is 1. The first-order chi connectivity index (χ1) is 12.9. The van der Waals surface area contributed by atoms with Crippen LogP contribution in [-0.4, -0.2) is 28.8 Å². The number of hydrogen-bond donors (Lipinski definition) is 2. The lowest BCUT2D eigenvalue weighted by atomic mass is 10.1. The molecule has 27 heavy (non-hydrogen) atoms. The molecule has 142 valence electrons. The first-order valence-electron chi connectivity index (χ1n) is 8.71. The van der Waals surface area contributed by atoms with E-state index in [1.807, 2.05) is 31.2 Å². The van der Waals surface area contributed by atoms with E-state index in [4.69, 9.17) is 0 Å². The van der Waals surface area contributed by atoms with Gasteiger partial charge in [-0.15, -0.1) is 0 Å². The van der Waals surface area contributed by atoms with E-state index in [1.54, 1.807) is 28.8 Å². The monoisotopic (exact) mass is 432 g/mol. The van der Waals surface area contributed by atoms with Crippen molar-refractivity contribution in [2.24, 2.45) is 13.0 Å². The molecule has 1 aromatic carbocycles. The largest absolute Gasteiger partial charge is 0.345 e. The zero-order valence-electron chi connectivity index (χ0n) is 15.2. The number of aromatic nitrogens is 1. The highest BCUT2D eigenvalue weighted by Crippen LogP contribution is 2.28. The van der Waals surface area contributed by atoms with E-state index < -0.39 is 11.8 Å². The third-order valence-electron chi connectivity index (χ3n) is 4.66. The molecule has 0 radical (unpaired) electrons. The summed E-state index contributed by atoms with van der Waals surface area (Å²) in [5.41, 5.74) is 7.16. The second kappa shape index (κ2) is 7.96. The molecule has 0 spiro atoms. The van der Waals surface area contributed by atoms with Crippen LogP contribution in [-0.2, 0) is 23.1 Å². The maximum absolute atomic E-state index is 12.4. The summed E-state index contributed by atoms with van der Waals surface area (Å²) in [4.78, 5) is 38.7. The summed E-state index contributed by atoms with van der Waals surface area (Å²) in [7, 11) is 1.74. The molecular weight excluding hydrogens is 412 g/mol. The topological polar surface area (TPSA) is 83.4 Å². The Labute approximate surface area is 165 Å². The second-order valence-electron chi connectivity index (χ2n) is 6.49. The number of hydrogen-bond acceptors (Lipinski definition) is 3. The molecule has 8 heteroatoms. The number of amides is 3. The van der Waals surface area contributed by atoms with E-state index in [0.717, 1.165) is 22.1 Å². The van der Waals surface area contributed by atoms with Crippen molar-refractivity contribution in [1.82, 2.24) is 15.4 Å². The van der Waals surface area contributed by atoms with Gasteiger partial charge in [-0.2, -0.15) is 0 Å². The van der Waals surface area contributed by atoms with Gasteiger partial charge in [0.25, 0.3) is 5.91 Å². The molecule has 3 rings (SSSR count). The highest BCUT2D eigenvalue weighted by atomic mass is 79.9. The van der Waals surface area contributed by atoms with Gasteiger partial charge in [0.1, 0.15) is 5.69 Å². The van der Waals surface area contributed by atoms with Gasteiger partial charge >= 0.3 is 0 Å². The average molecular weight is 433 g/mol. The van der Waals surface area contributed by atoms with Crippen LogP contribution in [0.25, 0.3) is 0 Å². The quantitative estimate of drug-likeness (QED) is 0.726. The standard InChI is InChI=1S/C19H21BrN4O3/c1-3-12-6-4-5-7-15(12)24-10-13(8-17(24)25)18(26)21-22-19(27)16-9-14(20)11-23(16)2/h4-7,9,11,13H,3,8,10H2,1-2H3,(H,21,26)(H,22,27). The fraction of sp³-hybridized carbons (Fsp3) is 0.316. The van der Waals surface area contributed by atoms with Crippen molar-refractivity contribution in [3.63, 3.8) is 0 Å². The van der Waals surface area contributed by atoms with Crippen molar-refractivity contribution in [2.45, 2.75) is 19.8 Å². The van der Waals surface area contributed by atoms with Crippen molar-refractivity contribution in [3.05, 3.63) is 52.3 Å². The number of benzene rings is 1. The van der Waals surface area contributed by atoms with Crippen LogP contribution in [0.5, 0.6) is 0 Å². The van der Waals surface area contributed by atoms with Crippen molar-refractivity contribution in [2.75, 3.05) is 11.4 Å². The molecule has 1 unspecified atom stereocenters. The van der Waals surface area contributed by atoms with E-state index in [9.17, 15) is 14.4 Å². The number of aryl methyl sites for hydroxylation is 2. The van der Waals surface area contributed by atoms with Crippen molar-refractivity contribution >= 4 is 39.3 Å². The van der Waals surface area contributed by atoms with Crippen LogP contribution < -0.4 is 15.8 Å². The number of halogens is 1. The minimum Gasteiger partial charge on any atom is -0.345 e. The predicted octanol–water partition coefficient (Wildman–Crippen LogP) is 2.16. The van der Waals surface area contributed by atoms with E-state index in [1.165, 1.54) is 0 Å². The Kier molecular flexibility index (Phi) is 5.65. The zero-order chi connectivity index (χ0) is 19.6. The molecule has 2 N–H and O–H groups in total. The van der Waals surface area contributed by atoms with Gasteiger partial charge in [0.05, 0.1) is 5.92 Å². The van der Waals surface area contributed by atoms with Crippen LogP contribution in [0, 0.1) is 5.92 Å². The summed E-state index contributed by atoms with van der Waals surface area (Å²) in [5, 5.41) is 0. The molecule has 0 aliphatic carbocycles. The minimum absolute atomic E-state index is 0.0891. The molecule has 1 fully saturated rings. The zero-order valence-corrected chi connectivity index (χ0v) is 16.7. The molecule has 1 aliphatic rings. The lowest BCUT2D eigenvalue weighted by molar-refractivity contribution is -0.126. The van der Waals surface area contributed by atoms with Gasteiger partial charge in [-0.05, 0) is 40.0 Å². The molecule has 7 nitrogen and oxygen atoms in total. The molecule has 0 bridgehead atoms. The number of hydrazine groups is 1. The van der Waals surface area contributed by atoms with Crippen LogP contribution in [0.1, 0.15) is 29.4 Å². The Morgan fingerprint density at radius 3 is 2.67 bits per heavy atom. The predicted molar refractivity (Wildman–Crippen MR) is 105 cm³/mol. The molecule has 1 aromatic heterocycles. The molecular formula is C19H21BrN4O3. The molecule has 0 saturated carbocycles. The van der Waals surface area contributed by atoms with Gasteiger partial charge in [0.2, 0.25) is 11.8 Å². The first kappa shape index (κ1) is 19.2. The summed E-state index contributed by atoms with van der Waals surface area (Å²) in [6.07, 6.45) is 2.67. The van der Waals surface area contributed by atoms with Gasteiger partial charge in [-0.25, -0.2) is 0 Å². The molecule has 3 amide bonds. The van der Waals surface area contributed by atoms with E-state index in [-0.39, 0.29) is 18.2 Å². The highest BCUT2D eigenvalue weighted by molar-refractivity contribution is 9.10. The van der Waals surface area contributed by atoms with Gasteiger partial charge < -0.3 is 9.47 Å². The number of para-hydroxylation sites is 1. The molecule has 2 aromatic rings. The normalized spacial score (nSPS) is 16.5. The van der Waals surface area contributed by atoms with E-state index in [2.05, 4.69) is 26.8 Å². The van der Waals surface area contributed by atoms with Crippen LogP contribution in [0.4, 0.5) is 5.69 Å². The Hall–Kier alpha value is -2.61. The van der Waals surface area contributed by atoms with E-state index >= 15 is 0 Å². The van der Waals surface area contributed by atoms with Crippen molar-refractivity contribution in [3.8, 4) is 0 Å². The molecule has 2 heterocycles. The third-order valence-corrected chi connectivity index (χ3v) is 5.10. The number of carbonyl (C=O) groups excluding carboxylic acids is 3. The lowest BCUT2D eigenvalue weighted by Gasteiger charge is -2.20. The summed E-state index contributed by atoms with van der Waals surface area (Å²) in [5.74, 6) is -1.40. The summed E-state index contributed by atoms with van der Waals surface area (Å²) < 4.78 is 2.42. The van der Waals surface area contributed by atoms with Gasteiger partial charge in [-0.1, -0.05) is 25.1 Å². The summed E-state index contributed by atoms with van der Waals surface area (Å²) in [6.45, 7) is 2.33. The van der Waals surface area contributed by atoms with Gasteiger partial charge in [0, 0.05) is 36.4 Å². The lowest BCUT2D eigenvalue weighted by Crippen LogP contribution is -2.45. The minimum atomic E-state index is -0.511. The Bertz CT molecular complexity index is 893. The number of rotatable bonds is 4. The SMILES string of the molecule is CCc1ccccc1N1CC(C(=O)NNC(=O)c2cc(Br)cn2C)CC1=O. The van der Waals surface area contributed by atoms with Crippen LogP contribution in [0.15, 0.2) is 41.0 Å². The Balaban J connectivity index is 1.62. The first-order valence-corrected chi connectivity index (χ1v) is 9.50. The fourth-order valence-corrected chi connectivity index (χ4v) is 3.75. The number of nitrogens with zero attached hydrogens (tertiary/aromatic N) is 2. The fourth-order valence-electron chi connectivity index (χ4n) is 3.22. The number of carbonyl (C=O) groups is 3. The van der Waals surface area contributed by atoms with Crippen molar-refractivity contribution in [1.29, 1.82) is 0 Å². The average Bonchev–Trinajstić information content (AvgIpc) is 3.21. The number of nitrogens with one attached hydrogen (secondary N) is 2. The molecule has 1 saturated heterocycles. The van der Waals surface area contributed by atoms with E-state index in [0.29, 0.717) is 12.2 Å². The van der Waals surface area contributed by atoms with Crippen LogP contribution in [0.3, 0.4) is 0 Å². The van der Waals surface area contributed by atoms with Crippen molar-refractivity contribution < 1.29 is 14.4 Å². The second-order valence-corrected chi connectivity index (χ2v) is 7.40. The van der Waals surface area contributed by atoms with Gasteiger partial charge in [0.15, 0.2) is 0 Å². The third kappa shape index (κ3) is 4.05. The maximum Gasteiger partial charge on any atom is 0.286 e. The summed E-state index contributed by atoms with van der Waals surface area (Å²) in [6, 6.07) is 9.35. The van der Waals surface area contributed by atoms with Crippen LogP contribution >= 0.6 is 15.9 Å². The molecule has 1 atom stereocenters. The van der Waals surface area contributed by atoms with Gasteiger partial charge in [-0.3, -0.25) is 25.2 Å². The summed E-state index contributed by atoms with van der Waals surface area (Å²) >= 11 is 3.30. The maximum atomic E-state index is 12.4. The smallest absolute Gasteiger partial charge is 0.286 e. The van der Waals surface area contributed by atoms with Crippen LogP contribution in [0.2, 0.25) is 0 Å². The highest BCUT2D eigenvalue weighted by Gasteiger charge is 2.36. The molecule has 1 aliphatic heterocycles.